The Morgan fingerprint density at radius 2 is 1.78 bits per heavy atom. The highest BCUT2D eigenvalue weighted by atomic mass is 16.5. The van der Waals surface area contributed by atoms with Gasteiger partial charge in [-0.1, -0.05) is 30.3 Å². The number of methoxy groups -OCH3 is 1. The molecule has 1 amide bonds. The van der Waals surface area contributed by atoms with E-state index in [-0.39, 0.29) is 5.91 Å². The average molecular weight is 311 g/mol. The summed E-state index contributed by atoms with van der Waals surface area (Å²) >= 11 is 0. The molecule has 2 aromatic rings. The molecule has 1 N–H and O–H groups in total. The molecule has 2 atom stereocenters. The van der Waals surface area contributed by atoms with Gasteiger partial charge < -0.3 is 14.7 Å². The largest absolute Gasteiger partial charge is 0.497 e. The molecule has 0 radical (unpaired) electrons. The Balaban J connectivity index is 2.14. The molecule has 0 bridgehead atoms. The minimum Gasteiger partial charge on any atom is -0.497 e. The number of rotatable bonds is 3. The third-order valence-corrected chi connectivity index (χ3v) is 4.30. The molecule has 3 rings (SSSR count). The Hall–Kier alpha value is -2.82. The second kappa shape index (κ2) is 5.76. The molecule has 2 aromatic carbocycles. The Morgan fingerprint density at radius 1 is 1.13 bits per heavy atom. The number of carbonyl (C=O) groups excluding carboxylic acids is 1. The summed E-state index contributed by atoms with van der Waals surface area (Å²) in [6.45, 7) is 0. The number of nitrogens with zero attached hydrogens (tertiary/aromatic N) is 1. The van der Waals surface area contributed by atoms with Gasteiger partial charge in [-0.25, -0.2) is 0 Å². The number of carboxylic acid groups (broad SMARTS) is 1. The van der Waals surface area contributed by atoms with E-state index in [9.17, 15) is 14.7 Å². The van der Waals surface area contributed by atoms with Crippen LogP contribution in [0, 0.1) is 0 Å². The molecule has 0 fully saturated rings. The van der Waals surface area contributed by atoms with Crippen LogP contribution in [0.1, 0.15) is 33.4 Å². The summed E-state index contributed by atoms with van der Waals surface area (Å²) in [5, 5.41) is 9.76. The molecule has 5 heteroatoms. The molecule has 0 aromatic heterocycles. The van der Waals surface area contributed by atoms with E-state index >= 15 is 0 Å². The zero-order chi connectivity index (χ0) is 16.6. The van der Waals surface area contributed by atoms with Crippen molar-refractivity contribution < 1.29 is 19.4 Å². The van der Waals surface area contributed by atoms with Gasteiger partial charge in [-0.15, -0.1) is 0 Å². The van der Waals surface area contributed by atoms with Crippen molar-refractivity contribution in [3.63, 3.8) is 0 Å². The lowest BCUT2D eigenvalue weighted by molar-refractivity contribution is -0.140. The summed E-state index contributed by atoms with van der Waals surface area (Å²) in [5.74, 6) is -1.23. The van der Waals surface area contributed by atoms with E-state index in [1.165, 1.54) is 4.90 Å². The van der Waals surface area contributed by atoms with E-state index < -0.39 is 17.9 Å². The highest BCUT2D eigenvalue weighted by molar-refractivity contribution is 6.00. The van der Waals surface area contributed by atoms with E-state index in [0.717, 1.165) is 5.56 Å². The smallest absolute Gasteiger partial charge is 0.313 e. The summed E-state index contributed by atoms with van der Waals surface area (Å²) in [6, 6.07) is 13.5. The van der Waals surface area contributed by atoms with E-state index in [1.807, 2.05) is 0 Å². The first kappa shape index (κ1) is 15.1. The number of fused-ring (bicyclic) bond motifs is 1. The maximum Gasteiger partial charge on any atom is 0.313 e. The Bertz CT molecular complexity index is 754. The lowest BCUT2D eigenvalue weighted by Gasteiger charge is -2.38. The van der Waals surface area contributed by atoms with Crippen LogP contribution < -0.4 is 4.74 Å². The molecule has 0 unspecified atom stereocenters. The van der Waals surface area contributed by atoms with Crippen LogP contribution in [-0.4, -0.2) is 36.0 Å². The second-order valence-electron chi connectivity index (χ2n) is 5.54. The first-order valence-electron chi connectivity index (χ1n) is 7.27. The van der Waals surface area contributed by atoms with Crippen LogP contribution in [-0.2, 0) is 4.79 Å². The van der Waals surface area contributed by atoms with Gasteiger partial charge in [-0.3, -0.25) is 9.59 Å². The number of likely N-dealkylation sites (N-methyl/N-ethyl adjacent to an activating group) is 1. The molecular weight excluding hydrogens is 294 g/mol. The van der Waals surface area contributed by atoms with Crippen LogP contribution in [0.25, 0.3) is 0 Å². The van der Waals surface area contributed by atoms with E-state index in [1.54, 1.807) is 62.7 Å². The maximum absolute atomic E-state index is 12.6. The maximum atomic E-state index is 12.6. The van der Waals surface area contributed by atoms with E-state index in [2.05, 4.69) is 0 Å². The molecule has 23 heavy (non-hydrogen) atoms. The van der Waals surface area contributed by atoms with Crippen LogP contribution in [0.4, 0.5) is 0 Å². The van der Waals surface area contributed by atoms with Crippen LogP contribution in [0.15, 0.2) is 48.5 Å². The number of hydrogen-bond donors (Lipinski definition) is 1. The van der Waals surface area contributed by atoms with E-state index in [4.69, 9.17) is 4.74 Å². The van der Waals surface area contributed by atoms with Crippen molar-refractivity contribution in [3.8, 4) is 5.75 Å². The Kier molecular flexibility index (Phi) is 3.78. The SMILES string of the molecule is COc1ccc([C@H]2[C@H](C(=O)O)c3ccccc3C(=O)N2C)cc1. The van der Waals surface area contributed by atoms with Crippen molar-refractivity contribution in [2.45, 2.75) is 12.0 Å². The van der Waals surface area contributed by atoms with Gasteiger partial charge in [-0.2, -0.15) is 0 Å². The Labute approximate surface area is 134 Å². The van der Waals surface area contributed by atoms with Gasteiger partial charge in [-0.05, 0) is 29.3 Å². The molecule has 118 valence electrons. The standard InChI is InChI=1S/C18H17NO4/c1-19-16(11-7-9-12(23-2)10-8-11)15(18(21)22)13-5-3-4-6-14(13)17(19)20/h3-10,15-16H,1-2H3,(H,21,22)/t15-,16+/m1/s1. The summed E-state index contributed by atoms with van der Waals surface area (Å²) in [5.41, 5.74) is 1.78. The fourth-order valence-electron chi connectivity index (χ4n) is 3.16. The van der Waals surface area contributed by atoms with Gasteiger partial charge in [0.1, 0.15) is 11.7 Å². The van der Waals surface area contributed by atoms with Crippen molar-refractivity contribution in [1.82, 2.24) is 4.90 Å². The third kappa shape index (κ3) is 2.44. The topological polar surface area (TPSA) is 66.8 Å². The quantitative estimate of drug-likeness (QED) is 0.946. The zero-order valence-electron chi connectivity index (χ0n) is 12.9. The van der Waals surface area contributed by atoms with Gasteiger partial charge in [0.25, 0.3) is 5.91 Å². The van der Waals surface area contributed by atoms with Crippen LogP contribution >= 0.6 is 0 Å². The predicted octanol–water partition coefficient (Wildman–Crippen LogP) is 2.69. The number of carboxylic acids is 1. The molecule has 1 aliphatic rings. The predicted molar refractivity (Wildman–Crippen MR) is 84.6 cm³/mol. The van der Waals surface area contributed by atoms with Crippen molar-refractivity contribution in [2.75, 3.05) is 14.2 Å². The third-order valence-electron chi connectivity index (χ3n) is 4.30. The molecule has 0 saturated carbocycles. The van der Waals surface area contributed by atoms with Gasteiger partial charge >= 0.3 is 5.97 Å². The molecule has 0 spiro atoms. The minimum atomic E-state index is -0.947. The summed E-state index contributed by atoms with van der Waals surface area (Å²) in [6.07, 6.45) is 0. The average Bonchev–Trinajstić information content (AvgIpc) is 2.57. The highest BCUT2D eigenvalue weighted by Gasteiger charge is 2.42. The molecule has 5 nitrogen and oxygen atoms in total. The van der Waals surface area contributed by atoms with Gasteiger partial charge in [0.2, 0.25) is 0 Å². The number of carbonyl (C=O) groups is 2. The van der Waals surface area contributed by atoms with Crippen molar-refractivity contribution in [2.24, 2.45) is 0 Å². The summed E-state index contributed by atoms with van der Waals surface area (Å²) < 4.78 is 5.14. The van der Waals surface area contributed by atoms with Crippen molar-refractivity contribution >= 4 is 11.9 Å². The van der Waals surface area contributed by atoms with Gasteiger partial charge in [0.15, 0.2) is 0 Å². The Morgan fingerprint density at radius 3 is 2.39 bits per heavy atom. The minimum absolute atomic E-state index is 0.168. The molecule has 1 aliphatic heterocycles. The van der Waals surface area contributed by atoms with Gasteiger partial charge in [0.05, 0.1) is 13.2 Å². The lowest BCUT2D eigenvalue weighted by Crippen LogP contribution is -2.42. The number of amides is 1. The molecule has 1 heterocycles. The summed E-state index contributed by atoms with van der Waals surface area (Å²) in [7, 11) is 3.21. The van der Waals surface area contributed by atoms with Crippen LogP contribution in [0.3, 0.4) is 0 Å². The number of hydrogen-bond acceptors (Lipinski definition) is 3. The lowest BCUT2D eigenvalue weighted by atomic mass is 9.80. The monoisotopic (exact) mass is 311 g/mol. The fourth-order valence-corrected chi connectivity index (χ4v) is 3.16. The zero-order valence-corrected chi connectivity index (χ0v) is 12.9. The fraction of sp³-hybridized carbons (Fsp3) is 0.222. The first-order chi connectivity index (χ1) is 11.0. The van der Waals surface area contributed by atoms with Crippen LogP contribution in [0.5, 0.6) is 5.75 Å². The number of ether oxygens (including phenoxy) is 1. The second-order valence-corrected chi connectivity index (χ2v) is 5.54. The number of aliphatic carboxylic acids is 1. The summed E-state index contributed by atoms with van der Waals surface area (Å²) in [4.78, 5) is 26.0. The molecule has 0 saturated heterocycles. The first-order valence-corrected chi connectivity index (χ1v) is 7.27. The van der Waals surface area contributed by atoms with Crippen LogP contribution in [0.2, 0.25) is 0 Å². The number of benzene rings is 2. The van der Waals surface area contributed by atoms with Crippen molar-refractivity contribution in [1.29, 1.82) is 0 Å². The molecule has 0 aliphatic carbocycles. The van der Waals surface area contributed by atoms with Gasteiger partial charge in [0, 0.05) is 12.6 Å². The molecular formula is C18H17NO4. The van der Waals surface area contributed by atoms with Crippen molar-refractivity contribution in [3.05, 3.63) is 65.2 Å². The van der Waals surface area contributed by atoms with E-state index in [0.29, 0.717) is 16.9 Å². The highest BCUT2D eigenvalue weighted by Crippen LogP contribution is 2.42. The normalized spacial score (nSPS) is 20.1.